The molecule has 0 radical (unpaired) electrons. The smallest absolute Gasteiger partial charge is 0.131 e. The summed E-state index contributed by atoms with van der Waals surface area (Å²) in [6.45, 7) is 4.00. The third kappa shape index (κ3) is 2.60. The maximum Gasteiger partial charge on any atom is 0.131 e. The molecule has 0 bridgehead atoms. The van der Waals surface area contributed by atoms with E-state index in [4.69, 9.17) is 0 Å². The standard InChI is InChI=1S/C16H12O.C2H6/c17-16-14-9-5-4-8-13(14)10-11-15(16)12-6-2-1-3-7-12;1-2/h1-11,17H;1-2H3. The molecule has 0 aliphatic carbocycles. The molecule has 3 aromatic rings. The molecule has 19 heavy (non-hydrogen) atoms. The molecule has 0 aliphatic rings. The fraction of sp³-hybridized carbons (Fsp3) is 0.111. The van der Waals surface area contributed by atoms with Crippen molar-refractivity contribution in [1.82, 2.24) is 0 Å². The summed E-state index contributed by atoms with van der Waals surface area (Å²) in [7, 11) is 0. The van der Waals surface area contributed by atoms with E-state index in [9.17, 15) is 5.11 Å². The molecule has 0 spiro atoms. The van der Waals surface area contributed by atoms with E-state index in [1.165, 1.54) is 0 Å². The second kappa shape index (κ2) is 6.05. The lowest BCUT2D eigenvalue weighted by atomic mass is 10.00. The summed E-state index contributed by atoms with van der Waals surface area (Å²) in [6.07, 6.45) is 0. The Hall–Kier alpha value is -2.28. The molecule has 3 rings (SSSR count). The van der Waals surface area contributed by atoms with Crippen LogP contribution in [0.3, 0.4) is 0 Å². The van der Waals surface area contributed by atoms with Gasteiger partial charge in [-0.1, -0.05) is 80.6 Å². The van der Waals surface area contributed by atoms with E-state index in [0.29, 0.717) is 5.75 Å². The van der Waals surface area contributed by atoms with Crippen molar-refractivity contribution < 1.29 is 5.11 Å². The lowest BCUT2D eigenvalue weighted by Crippen LogP contribution is -1.80. The zero-order valence-corrected chi connectivity index (χ0v) is 11.3. The van der Waals surface area contributed by atoms with E-state index in [0.717, 1.165) is 21.9 Å². The van der Waals surface area contributed by atoms with E-state index >= 15 is 0 Å². The second-order valence-electron chi connectivity index (χ2n) is 4.05. The summed E-state index contributed by atoms with van der Waals surface area (Å²) in [5, 5.41) is 12.3. The van der Waals surface area contributed by atoms with Crippen molar-refractivity contribution in [2.75, 3.05) is 0 Å². The quantitative estimate of drug-likeness (QED) is 0.626. The molecule has 0 saturated carbocycles. The molecular formula is C18H18O. The van der Waals surface area contributed by atoms with E-state index in [2.05, 4.69) is 0 Å². The Morgan fingerprint density at radius 3 is 2.05 bits per heavy atom. The van der Waals surface area contributed by atoms with Crippen molar-refractivity contribution in [3.63, 3.8) is 0 Å². The van der Waals surface area contributed by atoms with Crippen molar-refractivity contribution in [3.05, 3.63) is 66.7 Å². The Bertz CT molecular complexity index is 657. The summed E-state index contributed by atoms with van der Waals surface area (Å²) in [5.74, 6) is 0.356. The van der Waals surface area contributed by atoms with Crippen LogP contribution in [0.1, 0.15) is 13.8 Å². The van der Waals surface area contributed by atoms with E-state index < -0.39 is 0 Å². The first-order valence-corrected chi connectivity index (χ1v) is 6.62. The minimum atomic E-state index is 0.356. The number of fused-ring (bicyclic) bond motifs is 1. The first kappa shape index (κ1) is 13.2. The normalized spacial score (nSPS) is 9.79. The highest BCUT2D eigenvalue weighted by atomic mass is 16.3. The maximum absolute atomic E-state index is 10.3. The van der Waals surface area contributed by atoms with Crippen LogP contribution >= 0.6 is 0 Å². The number of phenols is 1. The first-order chi connectivity index (χ1) is 9.36. The Labute approximate surface area is 114 Å². The van der Waals surface area contributed by atoms with E-state index in [-0.39, 0.29) is 0 Å². The fourth-order valence-corrected chi connectivity index (χ4v) is 2.11. The fourth-order valence-electron chi connectivity index (χ4n) is 2.11. The largest absolute Gasteiger partial charge is 0.507 e. The van der Waals surface area contributed by atoms with Crippen LogP contribution in [0.15, 0.2) is 66.7 Å². The van der Waals surface area contributed by atoms with Crippen LogP contribution in [0.25, 0.3) is 21.9 Å². The average molecular weight is 250 g/mol. The van der Waals surface area contributed by atoms with Gasteiger partial charge in [0.05, 0.1) is 0 Å². The van der Waals surface area contributed by atoms with Gasteiger partial charge >= 0.3 is 0 Å². The van der Waals surface area contributed by atoms with Gasteiger partial charge in [0.25, 0.3) is 0 Å². The summed E-state index contributed by atoms with van der Waals surface area (Å²) in [4.78, 5) is 0. The van der Waals surface area contributed by atoms with E-state index in [1.807, 2.05) is 80.6 Å². The summed E-state index contributed by atoms with van der Waals surface area (Å²) >= 11 is 0. The van der Waals surface area contributed by atoms with Gasteiger partial charge in [0.15, 0.2) is 0 Å². The van der Waals surface area contributed by atoms with Crippen LogP contribution in [-0.2, 0) is 0 Å². The second-order valence-corrected chi connectivity index (χ2v) is 4.05. The van der Waals surface area contributed by atoms with Gasteiger partial charge < -0.3 is 5.11 Å². The third-order valence-corrected chi connectivity index (χ3v) is 2.99. The third-order valence-electron chi connectivity index (χ3n) is 2.99. The molecule has 0 unspecified atom stereocenters. The molecule has 0 heterocycles. The van der Waals surface area contributed by atoms with Crippen molar-refractivity contribution >= 4 is 10.8 Å². The Morgan fingerprint density at radius 1 is 0.684 bits per heavy atom. The number of hydrogen-bond acceptors (Lipinski definition) is 1. The number of aromatic hydroxyl groups is 1. The summed E-state index contributed by atoms with van der Waals surface area (Å²) in [5.41, 5.74) is 1.92. The first-order valence-electron chi connectivity index (χ1n) is 6.62. The molecule has 0 aliphatic heterocycles. The summed E-state index contributed by atoms with van der Waals surface area (Å²) in [6, 6.07) is 21.8. The van der Waals surface area contributed by atoms with Gasteiger partial charge in [-0.25, -0.2) is 0 Å². The Morgan fingerprint density at radius 2 is 1.32 bits per heavy atom. The van der Waals surface area contributed by atoms with E-state index in [1.54, 1.807) is 0 Å². The van der Waals surface area contributed by atoms with Gasteiger partial charge in [-0.2, -0.15) is 0 Å². The molecule has 0 amide bonds. The maximum atomic E-state index is 10.3. The topological polar surface area (TPSA) is 20.2 Å². The monoisotopic (exact) mass is 250 g/mol. The van der Waals surface area contributed by atoms with Gasteiger partial charge in [-0.3, -0.25) is 0 Å². The highest BCUT2D eigenvalue weighted by Gasteiger charge is 2.07. The lowest BCUT2D eigenvalue weighted by molar-refractivity contribution is 0.483. The van der Waals surface area contributed by atoms with Crippen LogP contribution in [0.2, 0.25) is 0 Å². The number of benzene rings is 3. The number of phenolic OH excluding ortho intramolecular Hbond substituents is 1. The highest BCUT2D eigenvalue weighted by Crippen LogP contribution is 2.35. The molecule has 0 aromatic heterocycles. The molecule has 1 N–H and O–H groups in total. The van der Waals surface area contributed by atoms with Gasteiger partial charge in [-0.15, -0.1) is 0 Å². The lowest BCUT2D eigenvalue weighted by Gasteiger charge is -2.07. The Balaban J connectivity index is 0.000000637. The van der Waals surface area contributed by atoms with Gasteiger partial charge in [0.2, 0.25) is 0 Å². The minimum absolute atomic E-state index is 0.356. The van der Waals surface area contributed by atoms with Crippen LogP contribution in [0.5, 0.6) is 5.75 Å². The minimum Gasteiger partial charge on any atom is -0.507 e. The van der Waals surface area contributed by atoms with Crippen molar-refractivity contribution in [2.45, 2.75) is 13.8 Å². The summed E-state index contributed by atoms with van der Waals surface area (Å²) < 4.78 is 0. The zero-order valence-electron chi connectivity index (χ0n) is 11.3. The molecule has 1 nitrogen and oxygen atoms in total. The molecule has 0 atom stereocenters. The van der Waals surface area contributed by atoms with Crippen LogP contribution < -0.4 is 0 Å². The number of hydrogen-bond donors (Lipinski definition) is 1. The number of rotatable bonds is 1. The van der Waals surface area contributed by atoms with Crippen molar-refractivity contribution in [3.8, 4) is 16.9 Å². The van der Waals surface area contributed by atoms with Crippen molar-refractivity contribution in [1.29, 1.82) is 0 Å². The van der Waals surface area contributed by atoms with Crippen LogP contribution in [0.4, 0.5) is 0 Å². The van der Waals surface area contributed by atoms with Crippen molar-refractivity contribution in [2.24, 2.45) is 0 Å². The molecule has 0 fully saturated rings. The van der Waals surface area contributed by atoms with Gasteiger partial charge in [0, 0.05) is 10.9 Å². The molecule has 0 saturated heterocycles. The zero-order chi connectivity index (χ0) is 13.7. The SMILES string of the molecule is CC.Oc1c(-c2ccccc2)ccc2ccccc12. The van der Waals surface area contributed by atoms with Gasteiger partial charge in [0.1, 0.15) is 5.75 Å². The average Bonchev–Trinajstić information content (AvgIpc) is 2.51. The predicted octanol–water partition coefficient (Wildman–Crippen LogP) is 5.24. The molecule has 96 valence electrons. The predicted molar refractivity (Wildman–Crippen MR) is 82.4 cm³/mol. The van der Waals surface area contributed by atoms with Crippen LogP contribution in [-0.4, -0.2) is 5.11 Å². The van der Waals surface area contributed by atoms with Crippen LogP contribution in [0, 0.1) is 0 Å². The molecule has 1 heteroatoms. The highest BCUT2D eigenvalue weighted by molar-refractivity contribution is 5.94. The molecular weight excluding hydrogens is 232 g/mol. The molecule has 3 aromatic carbocycles. The Kier molecular flexibility index (Phi) is 4.19. The van der Waals surface area contributed by atoms with Gasteiger partial charge in [-0.05, 0) is 10.9 Å².